The van der Waals surface area contributed by atoms with E-state index in [4.69, 9.17) is 10.7 Å². The Kier molecular flexibility index (Phi) is 26.4. The normalized spacial score (nSPS) is 15.6. The molecule has 13 heterocycles. The molecule has 15 aromatic rings. The number of rotatable bonds is 15. The predicted octanol–water partition coefficient (Wildman–Crippen LogP) is 13.4. The number of benzene rings is 6. The number of aromatic amines is 1. The number of H-pyrrole nitrogens is 1. The molecule has 9 aromatic heterocycles. The summed E-state index contributed by atoms with van der Waals surface area (Å²) < 4.78 is 60.2. The predicted molar refractivity (Wildman–Crippen MR) is 522 cm³/mol. The van der Waals surface area contributed by atoms with Gasteiger partial charge in [0, 0.05) is 141 Å². The molecule has 0 saturated carbocycles. The van der Waals surface area contributed by atoms with Crippen LogP contribution >= 0.6 is 0 Å². The minimum atomic E-state index is -1.05. The summed E-state index contributed by atoms with van der Waals surface area (Å²) in [5.41, 5.74) is 16.3. The van der Waals surface area contributed by atoms with Gasteiger partial charge in [-0.2, -0.15) is 25.5 Å². The first-order valence-corrected chi connectivity index (χ1v) is 45.7. The van der Waals surface area contributed by atoms with Gasteiger partial charge in [0.2, 0.25) is 23.6 Å². The third kappa shape index (κ3) is 20.1. The van der Waals surface area contributed by atoms with Crippen LogP contribution in [0.25, 0.3) is 101 Å². The average molecular weight is 1920 g/mol. The molecule has 4 fully saturated rings. The number of halogens is 4. The molecule has 34 nitrogen and oxygen atoms in total. The van der Waals surface area contributed by atoms with Crippen LogP contribution in [-0.2, 0) is 29.4 Å². The summed E-state index contributed by atoms with van der Waals surface area (Å²) in [6, 6.07) is 47.1. The number of carboxylic acids is 1. The van der Waals surface area contributed by atoms with Gasteiger partial charge in [0.15, 0.2) is 22.6 Å². The minimum Gasteiger partial charge on any atom is -0.481 e. The van der Waals surface area contributed by atoms with Crippen molar-refractivity contribution in [2.24, 2.45) is 5.41 Å². The van der Waals surface area contributed by atoms with Gasteiger partial charge < -0.3 is 56.2 Å². The molecule has 4 saturated heterocycles. The molecule has 726 valence electrons. The Bertz CT molecular complexity index is 7370. The van der Waals surface area contributed by atoms with Crippen molar-refractivity contribution >= 4 is 87.2 Å². The third-order valence-electron chi connectivity index (χ3n) is 25.6. The van der Waals surface area contributed by atoms with Crippen LogP contribution in [0, 0.1) is 28.7 Å². The van der Waals surface area contributed by atoms with Crippen molar-refractivity contribution in [3.63, 3.8) is 0 Å². The van der Waals surface area contributed by atoms with E-state index in [0.29, 0.717) is 108 Å². The Morgan fingerprint density at radius 3 is 1.06 bits per heavy atom. The van der Waals surface area contributed by atoms with E-state index in [1.165, 1.54) is 62.8 Å². The summed E-state index contributed by atoms with van der Waals surface area (Å²) in [6.45, 7) is 26.6. The maximum atomic E-state index is 13.8. The van der Waals surface area contributed by atoms with Gasteiger partial charge in [-0.15, -0.1) is 0 Å². The summed E-state index contributed by atoms with van der Waals surface area (Å²) in [6.07, 6.45) is 9.42. The Labute approximate surface area is 808 Å². The molecular formula is C103H106F4N24O10. The van der Waals surface area contributed by atoms with E-state index in [1.54, 1.807) is 181 Å². The van der Waals surface area contributed by atoms with Gasteiger partial charge >= 0.3 is 5.97 Å². The van der Waals surface area contributed by atoms with Crippen LogP contribution in [0.5, 0.6) is 0 Å². The zero-order valence-electron chi connectivity index (χ0n) is 80.4. The van der Waals surface area contributed by atoms with E-state index in [9.17, 15) is 65.8 Å². The number of nitrogens with two attached hydrogens (primary N) is 1. The highest BCUT2D eigenvalue weighted by Gasteiger charge is 2.47. The number of amides is 8. The Morgan fingerprint density at radius 2 is 0.738 bits per heavy atom. The van der Waals surface area contributed by atoms with Crippen LogP contribution in [0.2, 0.25) is 0 Å². The fraction of sp³-hybridized carbons (Fsp3) is 0.301. The van der Waals surface area contributed by atoms with Crippen molar-refractivity contribution in [2.45, 2.75) is 124 Å². The highest BCUT2D eigenvalue weighted by atomic mass is 19.1. The molecule has 38 heteroatoms. The van der Waals surface area contributed by atoms with Crippen molar-refractivity contribution in [1.29, 1.82) is 0 Å². The summed E-state index contributed by atoms with van der Waals surface area (Å²) in [4.78, 5) is 144. The first-order valence-electron chi connectivity index (χ1n) is 45.7. The smallest absolute Gasteiger partial charge is 0.304 e. The number of nitrogens with zero attached hydrogens (tertiary/aromatic N) is 19. The standard InChI is InChI=1S/C29H36FN5O4.C27H27FN6O2.C25H23FN6O2.C22H20FN7O2/c1-27(2,3)20-14-21(18-8-10-19(30)11-9-18)32-35-16-22(31-24(20)35)25(38)34-13-12-33(17-29(34,6)7)26(39)28(4,5)15-23(36)37;1-27(2)26(36)29-13-14-33(27)25(35)23-16-34-24(30-23)21(17-7-11-20(12-8-17)32(3)4)15-22(31-34)18-5-9-19(28)10-6-18;1-25(2)24(34)28-11-12-31(25)23(33)21-14-32-22(29-21)19(15-5-9-18(27)10-6-15)13-20(30-32)16-3-7-17(26)8-4-16;1-22(2)21(32)24-7-8-29(22)20(31)18-12-30-19(27-18)16(14-10-25-26-11-14)9-17(28-30)13-3-5-15(23)6-4-13/h8-11,14,16H,12-13,15,17H2,1-7H3,(H,36,37);5-12,15-16H,13-14H2,1-4H3,(H,29,36);3-10,13-14H,11-12,27H2,1-2H3,(H,28,34);3-6,9-12H,7-8H2,1-2H3,(H,24,32)(H,25,26). The number of piperazine rings is 4. The Balaban J connectivity index is 0.000000136. The van der Waals surface area contributed by atoms with Gasteiger partial charge in [-0.05, 0) is 218 Å². The lowest BCUT2D eigenvalue weighted by Gasteiger charge is -2.48. The molecule has 4 aliphatic heterocycles. The second-order valence-electron chi connectivity index (χ2n) is 38.9. The molecule has 0 bridgehead atoms. The van der Waals surface area contributed by atoms with Crippen molar-refractivity contribution in [1.82, 2.24) is 109 Å². The number of anilines is 2. The largest absolute Gasteiger partial charge is 0.481 e. The van der Waals surface area contributed by atoms with Crippen LogP contribution in [0.3, 0.4) is 0 Å². The maximum absolute atomic E-state index is 13.8. The van der Waals surface area contributed by atoms with Crippen molar-refractivity contribution in [2.75, 3.05) is 83.6 Å². The number of carbonyl (C=O) groups is 9. The quantitative estimate of drug-likeness (QED) is 0.0410. The Hall–Kier alpha value is -16.4. The van der Waals surface area contributed by atoms with Gasteiger partial charge in [-0.1, -0.05) is 58.9 Å². The number of nitrogen functional groups attached to an aromatic ring is 1. The lowest BCUT2D eigenvalue weighted by atomic mass is 9.86. The number of carbonyl (C=O) groups excluding carboxylic acids is 8. The second kappa shape index (κ2) is 38.2. The first-order chi connectivity index (χ1) is 66.7. The van der Waals surface area contributed by atoms with E-state index in [0.717, 1.165) is 55.8 Å². The van der Waals surface area contributed by atoms with E-state index in [-0.39, 0.29) is 118 Å². The number of imidazole rings is 4. The van der Waals surface area contributed by atoms with E-state index in [2.05, 4.69) is 82.3 Å². The van der Waals surface area contributed by atoms with Gasteiger partial charge in [0.05, 0.1) is 71.1 Å². The highest BCUT2D eigenvalue weighted by Crippen LogP contribution is 2.39. The van der Waals surface area contributed by atoms with Crippen molar-refractivity contribution in [3.8, 4) is 78.4 Å². The molecular weight excluding hydrogens is 1810 g/mol. The number of nitrogens with one attached hydrogen (secondary N) is 4. The highest BCUT2D eigenvalue weighted by molar-refractivity contribution is 6.03. The number of carboxylic acid groups (broad SMARTS) is 1. The molecule has 141 heavy (non-hydrogen) atoms. The fourth-order valence-corrected chi connectivity index (χ4v) is 17.5. The van der Waals surface area contributed by atoms with Gasteiger partial charge in [-0.25, -0.2) is 55.6 Å². The molecule has 0 aliphatic carbocycles. The zero-order valence-corrected chi connectivity index (χ0v) is 80.4. The summed E-state index contributed by atoms with van der Waals surface area (Å²) in [5, 5.41) is 43.0. The van der Waals surface area contributed by atoms with Crippen LogP contribution < -0.4 is 26.6 Å². The van der Waals surface area contributed by atoms with Gasteiger partial charge in [0.1, 0.15) is 62.7 Å². The molecule has 7 N–H and O–H groups in total. The molecule has 6 aromatic carbocycles. The SMILES string of the molecule is CC(C)(CC(=O)O)C(=O)N1CCN(C(=O)c2cn3nc(-c4ccc(F)cc4)cc(C(C)(C)C)c3n2)C(C)(C)C1.CC1(C)C(=O)NCCN1C(=O)c1cn2nc(-c3ccc(F)cc3)cc(-c3ccc(N)cc3)c2n1.CC1(C)C(=O)NCCN1C(=O)c1cn2nc(-c3ccc(F)cc3)cc(-c3cn[nH]c3)c2n1.CN(C)c1ccc(-c2cc(-c3ccc(F)cc3)nn3cc(C(=O)N4CCNC(=O)C4(C)C)nc23)cc1. The molecule has 19 rings (SSSR count). The average Bonchev–Trinajstić information content (AvgIpc) is 1.66. The lowest BCUT2D eigenvalue weighted by Crippen LogP contribution is -2.63. The van der Waals surface area contributed by atoms with E-state index in [1.807, 2.05) is 93.5 Å². The number of aromatic nitrogens is 14. The second-order valence-corrected chi connectivity index (χ2v) is 38.9. The summed E-state index contributed by atoms with van der Waals surface area (Å²) >= 11 is 0. The number of fused-ring (bicyclic) bond motifs is 4. The van der Waals surface area contributed by atoms with Crippen LogP contribution in [0.4, 0.5) is 28.9 Å². The van der Waals surface area contributed by atoms with Gasteiger partial charge in [-0.3, -0.25) is 48.2 Å². The molecule has 0 atom stereocenters. The lowest BCUT2D eigenvalue weighted by molar-refractivity contribution is -0.151. The number of aliphatic carboxylic acids is 1. The zero-order chi connectivity index (χ0) is 101. The van der Waals surface area contributed by atoms with E-state index < -0.39 is 33.5 Å². The van der Waals surface area contributed by atoms with Crippen LogP contribution in [-0.4, -0.2) is 247 Å². The molecule has 0 radical (unpaired) electrons. The molecule has 0 spiro atoms. The summed E-state index contributed by atoms with van der Waals surface area (Å²) in [7, 11) is 3.95. The molecule has 4 aliphatic rings. The van der Waals surface area contributed by atoms with Crippen molar-refractivity contribution in [3.05, 3.63) is 259 Å². The van der Waals surface area contributed by atoms with Crippen molar-refractivity contribution < 1.29 is 65.8 Å². The number of hydrogen-bond acceptors (Lipinski definition) is 20. The minimum absolute atomic E-state index is 0.182. The van der Waals surface area contributed by atoms with Crippen LogP contribution in [0.1, 0.15) is 144 Å². The topological polar surface area (TPSA) is 405 Å². The van der Waals surface area contributed by atoms with Gasteiger partial charge in [0.25, 0.3) is 23.6 Å². The molecule has 0 unspecified atom stereocenters. The third-order valence-corrected chi connectivity index (χ3v) is 25.6. The van der Waals surface area contributed by atoms with E-state index >= 15 is 0 Å². The Morgan fingerprint density at radius 1 is 0.418 bits per heavy atom. The fourth-order valence-electron chi connectivity index (χ4n) is 17.5. The maximum Gasteiger partial charge on any atom is 0.304 e. The monoisotopic (exact) mass is 1910 g/mol. The summed E-state index contributed by atoms with van der Waals surface area (Å²) in [5.74, 6) is -4.55. The van der Waals surface area contributed by atoms with Crippen LogP contribution in [0.15, 0.2) is 207 Å². The number of hydrogen-bond donors (Lipinski definition) is 6. The molecule has 8 amide bonds. The first kappa shape index (κ1) is 97.6.